The molecule has 1 N–H and O–H groups in total. The van der Waals surface area contributed by atoms with Gasteiger partial charge in [-0.3, -0.25) is 0 Å². The molecule has 8 nitrogen and oxygen atoms in total. The Bertz CT molecular complexity index is 649. The third-order valence-electron chi connectivity index (χ3n) is 3.09. The van der Waals surface area contributed by atoms with E-state index in [1.54, 1.807) is 13.8 Å². The Hall–Kier alpha value is -2.38. The van der Waals surface area contributed by atoms with Gasteiger partial charge in [0.05, 0.1) is 11.4 Å². The molecular weight excluding hydrogens is 260 g/mol. The predicted molar refractivity (Wildman–Crippen MR) is 69.9 cm³/mol. The minimum Gasteiger partial charge on any atom is -0.479 e. The lowest BCUT2D eigenvalue weighted by Crippen LogP contribution is -2.37. The van der Waals surface area contributed by atoms with Crippen molar-refractivity contribution in [2.75, 3.05) is 0 Å². The highest BCUT2D eigenvalue weighted by atomic mass is 16.4. The molecule has 2 rings (SSSR count). The molecule has 106 valence electrons. The van der Waals surface area contributed by atoms with Crippen LogP contribution in [0.3, 0.4) is 0 Å². The number of aromatic nitrogens is 6. The average Bonchev–Trinajstić information content (AvgIpc) is 2.88. The van der Waals surface area contributed by atoms with Crippen LogP contribution in [-0.2, 0) is 16.8 Å². The van der Waals surface area contributed by atoms with Crippen molar-refractivity contribution in [2.24, 2.45) is 0 Å². The summed E-state index contributed by atoms with van der Waals surface area (Å²) in [5.41, 5.74) is 0.910. The third-order valence-corrected chi connectivity index (χ3v) is 3.09. The van der Waals surface area contributed by atoms with Gasteiger partial charge in [-0.05, 0) is 43.7 Å². The van der Waals surface area contributed by atoms with Gasteiger partial charge >= 0.3 is 5.97 Å². The lowest BCUT2D eigenvalue weighted by atomic mass is 10.0. The standard InChI is InChI=1S/C12H16N6O2/c1-5-9-8(6-7(2)13-14-9)10-15-16-17-18(10)12(3,4)11(19)20/h6H,5H2,1-4H3,(H,19,20). The molecule has 0 atom stereocenters. The number of aryl methyl sites for hydroxylation is 2. The third kappa shape index (κ3) is 2.24. The maximum Gasteiger partial charge on any atom is 0.331 e. The number of carboxylic acid groups (broad SMARTS) is 1. The Kier molecular flexibility index (Phi) is 3.47. The van der Waals surface area contributed by atoms with Crippen LogP contribution in [0.4, 0.5) is 0 Å². The van der Waals surface area contributed by atoms with E-state index in [0.29, 0.717) is 17.8 Å². The molecule has 0 amide bonds. The number of carboxylic acids is 1. The molecule has 0 saturated carbocycles. The Morgan fingerprint density at radius 3 is 2.65 bits per heavy atom. The Morgan fingerprint density at radius 2 is 2.05 bits per heavy atom. The van der Waals surface area contributed by atoms with Crippen molar-refractivity contribution in [3.8, 4) is 11.4 Å². The quantitative estimate of drug-likeness (QED) is 0.880. The number of tetrazole rings is 1. The van der Waals surface area contributed by atoms with Crippen molar-refractivity contribution in [2.45, 2.75) is 39.7 Å². The van der Waals surface area contributed by atoms with Crippen molar-refractivity contribution < 1.29 is 9.90 Å². The summed E-state index contributed by atoms with van der Waals surface area (Å²) in [7, 11) is 0. The molecule has 0 fully saturated rings. The first kappa shape index (κ1) is 14.0. The van der Waals surface area contributed by atoms with E-state index >= 15 is 0 Å². The first-order valence-corrected chi connectivity index (χ1v) is 6.23. The van der Waals surface area contributed by atoms with E-state index in [2.05, 4.69) is 25.7 Å². The molecular formula is C12H16N6O2. The van der Waals surface area contributed by atoms with E-state index in [1.165, 1.54) is 4.68 Å². The molecule has 0 aliphatic carbocycles. The number of hydrogen-bond donors (Lipinski definition) is 1. The molecule has 0 aromatic carbocycles. The summed E-state index contributed by atoms with van der Waals surface area (Å²) in [5.74, 6) is -0.630. The molecule has 0 unspecified atom stereocenters. The largest absolute Gasteiger partial charge is 0.479 e. The highest BCUT2D eigenvalue weighted by Crippen LogP contribution is 2.25. The van der Waals surface area contributed by atoms with Crippen molar-refractivity contribution in [3.05, 3.63) is 17.5 Å². The second-order valence-electron chi connectivity index (χ2n) is 4.98. The zero-order valence-electron chi connectivity index (χ0n) is 11.8. The van der Waals surface area contributed by atoms with Crippen LogP contribution in [-0.4, -0.2) is 41.5 Å². The van der Waals surface area contributed by atoms with Crippen LogP contribution in [0.25, 0.3) is 11.4 Å². The second-order valence-corrected chi connectivity index (χ2v) is 4.98. The minimum absolute atomic E-state index is 0.382. The van der Waals surface area contributed by atoms with E-state index in [4.69, 9.17) is 0 Å². The lowest BCUT2D eigenvalue weighted by molar-refractivity contribution is -0.146. The molecule has 0 saturated heterocycles. The van der Waals surface area contributed by atoms with Crippen LogP contribution >= 0.6 is 0 Å². The smallest absolute Gasteiger partial charge is 0.331 e. The number of nitrogens with zero attached hydrogens (tertiary/aromatic N) is 6. The van der Waals surface area contributed by atoms with E-state index in [-0.39, 0.29) is 0 Å². The van der Waals surface area contributed by atoms with Crippen LogP contribution < -0.4 is 0 Å². The Morgan fingerprint density at radius 1 is 1.35 bits per heavy atom. The fraction of sp³-hybridized carbons (Fsp3) is 0.500. The van der Waals surface area contributed by atoms with Crippen LogP contribution in [0.1, 0.15) is 32.2 Å². The summed E-state index contributed by atoms with van der Waals surface area (Å²) in [5, 5.41) is 28.8. The molecule has 2 aromatic heterocycles. The van der Waals surface area contributed by atoms with Gasteiger partial charge < -0.3 is 5.11 Å². The van der Waals surface area contributed by atoms with E-state index in [0.717, 1.165) is 11.4 Å². The zero-order valence-corrected chi connectivity index (χ0v) is 11.8. The summed E-state index contributed by atoms with van der Waals surface area (Å²) in [6.07, 6.45) is 0.656. The Balaban J connectivity index is 2.64. The van der Waals surface area contributed by atoms with Gasteiger partial charge in [-0.1, -0.05) is 6.92 Å². The second kappa shape index (κ2) is 4.95. The average molecular weight is 276 g/mol. The first-order valence-electron chi connectivity index (χ1n) is 6.23. The van der Waals surface area contributed by atoms with Gasteiger partial charge in [0.2, 0.25) is 0 Å². The van der Waals surface area contributed by atoms with Crippen molar-refractivity contribution >= 4 is 5.97 Å². The van der Waals surface area contributed by atoms with E-state index in [9.17, 15) is 9.90 Å². The number of hydrogen-bond acceptors (Lipinski definition) is 6. The molecule has 0 aliphatic rings. The molecule has 0 spiro atoms. The van der Waals surface area contributed by atoms with Gasteiger partial charge in [-0.15, -0.1) is 5.10 Å². The monoisotopic (exact) mass is 276 g/mol. The van der Waals surface area contributed by atoms with Crippen molar-refractivity contribution in [3.63, 3.8) is 0 Å². The number of aliphatic carboxylic acids is 1. The van der Waals surface area contributed by atoms with Crippen LogP contribution in [0.2, 0.25) is 0 Å². The summed E-state index contributed by atoms with van der Waals surface area (Å²) >= 11 is 0. The lowest BCUT2D eigenvalue weighted by Gasteiger charge is -2.20. The van der Waals surface area contributed by atoms with Gasteiger partial charge in [0.25, 0.3) is 0 Å². The van der Waals surface area contributed by atoms with Crippen molar-refractivity contribution in [1.29, 1.82) is 0 Å². The fourth-order valence-corrected chi connectivity index (χ4v) is 1.79. The molecule has 2 heterocycles. The van der Waals surface area contributed by atoms with Crippen LogP contribution in [0.15, 0.2) is 6.07 Å². The normalized spacial score (nSPS) is 11.6. The molecule has 8 heteroatoms. The summed E-state index contributed by atoms with van der Waals surface area (Å²) in [6, 6.07) is 1.81. The summed E-state index contributed by atoms with van der Waals surface area (Å²) < 4.78 is 1.30. The van der Waals surface area contributed by atoms with Gasteiger partial charge in [0.1, 0.15) is 0 Å². The van der Waals surface area contributed by atoms with Gasteiger partial charge in [-0.2, -0.15) is 10.2 Å². The minimum atomic E-state index is -1.25. The molecule has 20 heavy (non-hydrogen) atoms. The number of rotatable bonds is 4. The highest BCUT2D eigenvalue weighted by Gasteiger charge is 2.34. The van der Waals surface area contributed by atoms with Gasteiger partial charge in [-0.25, -0.2) is 9.48 Å². The molecule has 0 radical (unpaired) electrons. The van der Waals surface area contributed by atoms with E-state index < -0.39 is 11.5 Å². The van der Waals surface area contributed by atoms with E-state index in [1.807, 2.05) is 19.9 Å². The van der Waals surface area contributed by atoms with Crippen LogP contribution in [0, 0.1) is 6.92 Å². The topological polar surface area (TPSA) is 107 Å². The fourth-order valence-electron chi connectivity index (χ4n) is 1.79. The van der Waals surface area contributed by atoms with Gasteiger partial charge in [0, 0.05) is 5.56 Å². The molecule has 0 aliphatic heterocycles. The van der Waals surface area contributed by atoms with Crippen LogP contribution in [0.5, 0.6) is 0 Å². The molecule has 2 aromatic rings. The first-order chi connectivity index (χ1) is 9.37. The summed E-state index contributed by atoms with van der Waals surface area (Å²) in [6.45, 7) is 6.84. The molecule has 0 bridgehead atoms. The Labute approximate surface area is 115 Å². The van der Waals surface area contributed by atoms with Crippen molar-refractivity contribution in [1.82, 2.24) is 30.4 Å². The predicted octanol–water partition coefficient (Wildman–Crippen LogP) is 0.821. The SMILES string of the molecule is CCc1nnc(C)cc1-c1nnnn1C(C)(C)C(=O)O. The number of carbonyl (C=O) groups is 1. The summed E-state index contributed by atoms with van der Waals surface area (Å²) in [4.78, 5) is 11.4. The maximum absolute atomic E-state index is 11.4. The highest BCUT2D eigenvalue weighted by molar-refractivity contribution is 5.76. The van der Waals surface area contributed by atoms with Gasteiger partial charge in [0.15, 0.2) is 11.4 Å². The maximum atomic E-state index is 11.4. The zero-order chi connectivity index (χ0) is 14.9.